The summed E-state index contributed by atoms with van der Waals surface area (Å²) >= 11 is 0. The normalized spacial score (nSPS) is 48.3. The minimum atomic E-state index is -3.66. The summed E-state index contributed by atoms with van der Waals surface area (Å²) in [6.07, 6.45) is 4.71. The lowest BCUT2D eigenvalue weighted by Gasteiger charge is -2.59. The van der Waals surface area contributed by atoms with Crippen LogP contribution in [0.5, 0.6) is 0 Å². The van der Waals surface area contributed by atoms with Crippen molar-refractivity contribution in [1.82, 2.24) is 0 Å². The van der Waals surface area contributed by atoms with Crippen molar-refractivity contribution in [3.63, 3.8) is 0 Å². The maximum absolute atomic E-state index is 11.6. The summed E-state index contributed by atoms with van der Waals surface area (Å²) in [4.78, 5) is 0. The van der Waals surface area contributed by atoms with Crippen molar-refractivity contribution in [3.8, 4) is 0 Å². The largest absolute Gasteiger partial charge is 0.390 e. The van der Waals surface area contributed by atoms with Crippen LogP contribution in [0.4, 0.5) is 0 Å². The zero-order valence-corrected chi connectivity index (χ0v) is 10.6. The molecule has 0 saturated heterocycles. The van der Waals surface area contributed by atoms with E-state index in [0.29, 0.717) is 18.3 Å². The van der Waals surface area contributed by atoms with Crippen LogP contribution in [0.3, 0.4) is 0 Å². The SMILES string of the molecule is C=CS(=O)(=O)OC12CC3CC(CC(O)(C3)C1)C2. The Bertz CT molecular complexity index is 439. The van der Waals surface area contributed by atoms with Crippen molar-refractivity contribution < 1.29 is 17.7 Å². The highest BCUT2D eigenvalue weighted by Gasteiger charge is 2.59. The predicted octanol–water partition coefficient (Wildman–Crippen LogP) is 1.56. The first-order valence-corrected chi connectivity index (χ1v) is 7.61. The van der Waals surface area contributed by atoms with E-state index in [1.54, 1.807) is 0 Å². The van der Waals surface area contributed by atoms with Crippen LogP contribution >= 0.6 is 0 Å². The van der Waals surface area contributed by atoms with Crippen LogP contribution < -0.4 is 0 Å². The second-order valence-electron chi connectivity index (χ2n) is 6.11. The van der Waals surface area contributed by atoms with Gasteiger partial charge in [0.15, 0.2) is 0 Å². The van der Waals surface area contributed by atoms with E-state index in [-0.39, 0.29) is 0 Å². The van der Waals surface area contributed by atoms with Gasteiger partial charge >= 0.3 is 0 Å². The zero-order chi connectivity index (χ0) is 12.3. The Labute approximate surface area is 102 Å². The number of aliphatic hydroxyl groups is 1. The van der Waals surface area contributed by atoms with E-state index in [1.165, 1.54) is 0 Å². The molecule has 4 aliphatic rings. The molecule has 17 heavy (non-hydrogen) atoms. The van der Waals surface area contributed by atoms with Crippen molar-refractivity contribution >= 4 is 10.1 Å². The van der Waals surface area contributed by atoms with Gasteiger partial charge in [0.2, 0.25) is 0 Å². The second kappa shape index (κ2) is 3.33. The van der Waals surface area contributed by atoms with Gasteiger partial charge < -0.3 is 5.11 Å². The minimum Gasteiger partial charge on any atom is -0.390 e. The van der Waals surface area contributed by atoms with Gasteiger partial charge in [-0.3, -0.25) is 4.18 Å². The van der Waals surface area contributed by atoms with Gasteiger partial charge in [0.1, 0.15) is 0 Å². The fourth-order valence-corrected chi connectivity index (χ4v) is 5.26. The number of rotatable bonds is 3. The summed E-state index contributed by atoms with van der Waals surface area (Å²) in [7, 11) is -3.66. The Morgan fingerprint density at radius 3 is 2.29 bits per heavy atom. The van der Waals surface area contributed by atoms with Gasteiger partial charge in [-0.15, -0.1) is 0 Å². The third-order valence-corrected chi connectivity index (χ3v) is 5.47. The molecule has 0 aromatic rings. The van der Waals surface area contributed by atoms with Gasteiger partial charge in [-0.1, -0.05) is 6.58 Å². The highest BCUT2D eigenvalue weighted by molar-refractivity contribution is 7.89. The first-order chi connectivity index (χ1) is 7.84. The maximum atomic E-state index is 11.6. The molecule has 0 spiro atoms. The molecule has 0 aromatic carbocycles. The molecule has 0 aliphatic heterocycles. The van der Waals surface area contributed by atoms with Gasteiger partial charge in [0, 0.05) is 6.42 Å². The van der Waals surface area contributed by atoms with Gasteiger partial charge in [-0.2, -0.15) is 8.42 Å². The minimum absolute atomic E-state index is 0.418. The molecule has 5 heteroatoms. The molecule has 4 rings (SSSR count). The molecule has 0 amide bonds. The second-order valence-corrected chi connectivity index (χ2v) is 7.60. The fraction of sp³-hybridized carbons (Fsp3) is 0.833. The van der Waals surface area contributed by atoms with Crippen molar-refractivity contribution in [1.29, 1.82) is 0 Å². The van der Waals surface area contributed by atoms with Crippen molar-refractivity contribution in [2.24, 2.45) is 11.8 Å². The molecule has 2 unspecified atom stereocenters. The summed E-state index contributed by atoms with van der Waals surface area (Å²) in [6, 6.07) is 0. The standard InChI is InChI=1S/C12H18O4S/c1-2-17(14,15)16-12-6-9-3-10(7-12)5-11(13,4-9)8-12/h2,9-10,13H,1,3-8H2. The Kier molecular flexibility index (Phi) is 2.29. The Balaban J connectivity index is 1.91. The molecule has 0 aromatic heterocycles. The van der Waals surface area contributed by atoms with E-state index in [0.717, 1.165) is 37.5 Å². The van der Waals surface area contributed by atoms with E-state index in [1.807, 2.05) is 0 Å². The lowest BCUT2D eigenvalue weighted by molar-refractivity contribution is -0.186. The van der Waals surface area contributed by atoms with Crippen LogP contribution in [-0.4, -0.2) is 24.7 Å². The lowest BCUT2D eigenvalue weighted by Crippen LogP contribution is -2.60. The van der Waals surface area contributed by atoms with Crippen LogP contribution in [0, 0.1) is 11.8 Å². The van der Waals surface area contributed by atoms with Crippen molar-refractivity contribution in [2.45, 2.75) is 49.7 Å². The third kappa shape index (κ3) is 1.94. The molecule has 0 radical (unpaired) electrons. The van der Waals surface area contributed by atoms with Gasteiger partial charge in [-0.25, -0.2) is 0 Å². The maximum Gasteiger partial charge on any atom is 0.290 e. The molecule has 4 fully saturated rings. The van der Waals surface area contributed by atoms with Gasteiger partial charge in [0.25, 0.3) is 10.1 Å². The van der Waals surface area contributed by atoms with Crippen LogP contribution in [-0.2, 0) is 14.3 Å². The lowest BCUT2D eigenvalue weighted by atomic mass is 9.52. The van der Waals surface area contributed by atoms with E-state index in [9.17, 15) is 13.5 Å². The highest BCUT2D eigenvalue weighted by Crippen LogP contribution is 2.59. The molecular formula is C12H18O4S. The van der Waals surface area contributed by atoms with Gasteiger partial charge in [0.05, 0.1) is 16.6 Å². The summed E-state index contributed by atoms with van der Waals surface area (Å²) in [5, 5.41) is 11.3. The Morgan fingerprint density at radius 2 is 1.82 bits per heavy atom. The first kappa shape index (κ1) is 11.7. The van der Waals surface area contributed by atoms with Crippen LogP contribution in [0.1, 0.15) is 38.5 Å². The van der Waals surface area contributed by atoms with Crippen molar-refractivity contribution in [2.75, 3.05) is 0 Å². The number of hydrogen-bond donors (Lipinski definition) is 1. The fourth-order valence-electron chi connectivity index (χ4n) is 4.51. The van der Waals surface area contributed by atoms with E-state index in [4.69, 9.17) is 4.18 Å². The Hall–Kier alpha value is -0.390. The molecule has 4 aliphatic carbocycles. The molecule has 4 bridgehead atoms. The summed E-state index contributed by atoms with van der Waals surface area (Å²) in [5.74, 6) is 0.836. The zero-order valence-electron chi connectivity index (χ0n) is 9.76. The third-order valence-electron chi connectivity index (χ3n) is 4.47. The van der Waals surface area contributed by atoms with Crippen molar-refractivity contribution in [3.05, 3.63) is 12.0 Å². The molecule has 1 N–H and O–H groups in total. The summed E-state index contributed by atoms with van der Waals surface area (Å²) in [6.45, 7) is 3.27. The highest BCUT2D eigenvalue weighted by atomic mass is 32.2. The smallest absolute Gasteiger partial charge is 0.290 e. The average Bonchev–Trinajstić information content (AvgIpc) is 2.11. The molecule has 96 valence electrons. The molecular weight excluding hydrogens is 240 g/mol. The van der Waals surface area contributed by atoms with E-state index in [2.05, 4.69) is 6.58 Å². The molecule has 4 saturated carbocycles. The monoisotopic (exact) mass is 258 g/mol. The number of hydrogen-bond acceptors (Lipinski definition) is 4. The molecule has 2 atom stereocenters. The van der Waals surface area contributed by atoms with E-state index >= 15 is 0 Å². The quantitative estimate of drug-likeness (QED) is 0.780. The van der Waals surface area contributed by atoms with Gasteiger partial charge in [-0.05, 0) is 43.9 Å². The van der Waals surface area contributed by atoms with Crippen LogP contribution in [0.25, 0.3) is 0 Å². The topological polar surface area (TPSA) is 63.6 Å². The summed E-state index contributed by atoms with van der Waals surface area (Å²) in [5.41, 5.74) is -1.35. The van der Waals surface area contributed by atoms with E-state index < -0.39 is 21.3 Å². The predicted molar refractivity (Wildman–Crippen MR) is 62.6 cm³/mol. The van der Waals surface area contributed by atoms with Crippen LogP contribution in [0.2, 0.25) is 0 Å². The summed E-state index contributed by atoms with van der Waals surface area (Å²) < 4.78 is 28.5. The molecule has 0 heterocycles. The Morgan fingerprint density at radius 1 is 1.24 bits per heavy atom. The average molecular weight is 258 g/mol. The first-order valence-electron chi connectivity index (χ1n) is 6.14. The van der Waals surface area contributed by atoms with Crippen LogP contribution in [0.15, 0.2) is 12.0 Å². The molecule has 4 nitrogen and oxygen atoms in total.